The zero-order chi connectivity index (χ0) is 25.3. The first-order chi connectivity index (χ1) is 17.5. The summed E-state index contributed by atoms with van der Waals surface area (Å²) in [6, 6.07) is 23.0. The largest absolute Gasteiger partial charge is 0.394 e. The number of hydrogen-bond donors (Lipinski definition) is 4. The van der Waals surface area contributed by atoms with Crippen molar-refractivity contribution in [1.82, 2.24) is 10.6 Å². The summed E-state index contributed by atoms with van der Waals surface area (Å²) < 4.78 is 19.6. The van der Waals surface area contributed by atoms with Crippen molar-refractivity contribution >= 4 is 17.6 Å². The summed E-state index contributed by atoms with van der Waals surface area (Å²) in [5.41, 5.74) is 3.31. The highest BCUT2D eigenvalue weighted by Gasteiger charge is 2.33. The van der Waals surface area contributed by atoms with Gasteiger partial charge < -0.3 is 25.8 Å². The summed E-state index contributed by atoms with van der Waals surface area (Å²) in [5.74, 6) is -0.683. The van der Waals surface area contributed by atoms with Crippen LogP contribution in [0.15, 0.2) is 78.9 Å². The quantitative estimate of drug-likeness (QED) is 0.379. The Morgan fingerprint density at radius 2 is 1.61 bits per heavy atom. The van der Waals surface area contributed by atoms with Gasteiger partial charge in [0.2, 0.25) is 5.91 Å². The molecular formula is C28H30FN3O4. The van der Waals surface area contributed by atoms with Crippen LogP contribution >= 0.6 is 0 Å². The molecule has 0 radical (unpaired) electrons. The molecule has 0 aliphatic carbocycles. The number of ether oxygens (including phenoxy) is 1. The molecule has 8 heteroatoms. The van der Waals surface area contributed by atoms with E-state index in [2.05, 4.69) is 28.1 Å². The van der Waals surface area contributed by atoms with E-state index >= 15 is 0 Å². The number of nitrogens with one attached hydrogen (secondary N) is 3. The number of hydrogen-bond acceptors (Lipinski definition) is 4. The molecule has 0 spiro atoms. The number of aliphatic hydroxyl groups excluding tert-OH is 1. The summed E-state index contributed by atoms with van der Waals surface area (Å²) >= 11 is 0. The Hall–Kier alpha value is -3.75. The van der Waals surface area contributed by atoms with Crippen molar-refractivity contribution in [3.8, 4) is 11.1 Å². The van der Waals surface area contributed by atoms with E-state index in [1.165, 1.54) is 18.2 Å². The Kier molecular flexibility index (Phi) is 8.65. The van der Waals surface area contributed by atoms with Crippen LogP contribution in [0.3, 0.4) is 0 Å². The highest BCUT2D eigenvalue weighted by molar-refractivity contribution is 5.89. The predicted octanol–water partition coefficient (Wildman–Crippen LogP) is 4.23. The number of para-hydroxylation sites is 1. The van der Waals surface area contributed by atoms with E-state index in [1.807, 2.05) is 42.5 Å². The maximum Gasteiger partial charge on any atom is 0.319 e. The van der Waals surface area contributed by atoms with Gasteiger partial charge in [0.05, 0.1) is 30.9 Å². The number of halogens is 1. The molecule has 1 saturated heterocycles. The smallest absolute Gasteiger partial charge is 0.319 e. The van der Waals surface area contributed by atoms with Gasteiger partial charge >= 0.3 is 6.03 Å². The van der Waals surface area contributed by atoms with Crippen LogP contribution in [-0.2, 0) is 16.1 Å². The maximum absolute atomic E-state index is 13.8. The Labute approximate surface area is 209 Å². The monoisotopic (exact) mass is 491 g/mol. The summed E-state index contributed by atoms with van der Waals surface area (Å²) in [6.45, 7) is 0.0982. The lowest BCUT2D eigenvalue weighted by Crippen LogP contribution is -2.52. The van der Waals surface area contributed by atoms with Gasteiger partial charge in [0.1, 0.15) is 11.9 Å². The minimum atomic E-state index is -0.659. The SMILES string of the molecule is O=C(C[C@@H]1CC[C@@H](NC(=O)Nc2ccccc2F)[C@H](CO)O1)NCc1ccc(-c2ccccc2)cc1. The normalized spacial score (nSPS) is 19.3. The Bertz CT molecular complexity index is 1160. The molecule has 1 aliphatic rings. The van der Waals surface area contributed by atoms with Gasteiger partial charge in [-0.1, -0.05) is 66.7 Å². The molecule has 3 amide bonds. The minimum absolute atomic E-state index is 0.0662. The third-order valence-corrected chi connectivity index (χ3v) is 6.20. The second-order valence-corrected chi connectivity index (χ2v) is 8.79. The van der Waals surface area contributed by atoms with Crippen molar-refractivity contribution in [3.05, 3.63) is 90.2 Å². The summed E-state index contributed by atoms with van der Waals surface area (Å²) in [5, 5.41) is 17.9. The van der Waals surface area contributed by atoms with Crippen LogP contribution in [0, 0.1) is 5.82 Å². The summed E-state index contributed by atoms with van der Waals surface area (Å²) in [4.78, 5) is 24.8. The molecule has 4 rings (SSSR count). The number of carbonyl (C=O) groups is 2. The summed E-state index contributed by atoms with van der Waals surface area (Å²) in [6.07, 6.45) is 0.200. The van der Waals surface area contributed by atoms with Crippen molar-refractivity contribution in [2.75, 3.05) is 11.9 Å². The molecule has 1 aliphatic heterocycles. The predicted molar refractivity (Wildman–Crippen MR) is 136 cm³/mol. The molecule has 0 aromatic heterocycles. The second-order valence-electron chi connectivity index (χ2n) is 8.79. The number of benzene rings is 3. The van der Waals surface area contributed by atoms with Gasteiger partial charge in [-0.25, -0.2) is 9.18 Å². The van der Waals surface area contributed by atoms with Crippen molar-refractivity contribution in [2.45, 2.75) is 44.1 Å². The van der Waals surface area contributed by atoms with Crippen LogP contribution < -0.4 is 16.0 Å². The standard InChI is InChI=1S/C28H30FN3O4/c29-23-8-4-5-9-24(23)31-28(35)32-25-15-14-22(36-26(25)18-33)16-27(34)30-17-19-10-12-21(13-11-19)20-6-2-1-3-7-20/h1-13,22,25-26,33H,14-18H2,(H,30,34)(H2,31,32,35)/t22-,25+,26-/m0/s1. The maximum atomic E-state index is 13.8. The van der Waals surface area contributed by atoms with Crippen molar-refractivity contribution in [2.24, 2.45) is 0 Å². The fourth-order valence-corrected chi connectivity index (χ4v) is 4.26. The zero-order valence-corrected chi connectivity index (χ0v) is 19.8. The van der Waals surface area contributed by atoms with Gasteiger partial charge in [-0.2, -0.15) is 0 Å². The van der Waals surface area contributed by atoms with Crippen LogP contribution in [0.25, 0.3) is 11.1 Å². The number of aliphatic hydroxyl groups is 1. The van der Waals surface area contributed by atoms with E-state index in [0.717, 1.165) is 16.7 Å². The number of amides is 3. The lowest BCUT2D eigenvalue weighted by atomic mass is 9.97. The van der Waals surface area contributed by atoms with Crippen LogP contribution in [0.1, 0.15) is 24.8 Å². The van der Waals surface area contributed by atoms with E-state index in [-0.39, 0.29) is 30.7 Å². The first kappa shape index (κ1) is 25.3. The number of urea groups is 1. The molecule has 3 aromatic carbocycles. The Morgan fingerprint density at radius 1 is 0.917 bits per heavy atom. The van der Waals surface area contributed by atoms with Crippen LogP contribution in [0.5, 0.6) is 0 Å². The fraction of sp³-hybridized carbons (Fsp3) is 0.286. The molecule has 188 valence electrons. The molecule has 1 heterocycles. The molecule has 0 unspecified atom stereocenters. The zero-order valence-electron chi connectivity index (χ0n) is 19.8. The van der Waals surface area contributed by atoms with Gasteiger partial charge in [0.15, 0.2) is 0 Å². The van der Waals surface area contributed by atoms with E-state index in [9.17, 15) is 19.1 Å². The van der Waals surface area contributed by atoms with Crippen LogP contribution in [0.2, 0.25) is 0 Å². The van der Waals surface area contributed by atoms with Crippen LogP contribution in [0.4, 0.5) is 14.9 Å². The Morgan fingerprint density at radius 3 is 2.33 bits per heavy atom. The molecule has 3 atom stereocenters. The van der Waals surface area contributed by atoms with Gasteiger partial charge in [0.25, 0.3) is 0 Å². The minimum Gasteiger partial charge on any atom is -0.394 e. The molecule has 0 saturated carbocycles. The van der Waals surface area contributed by atoms with E-state index in [4.69, 9.17) is 4.74 Å². The average Bonchev–Trinajstić information content (AvgIpc) is 2.90. The van der Waals surface area contributed by atoms with Crippen LogP contribution in [-0.4, -0.2) is 41.9 Å². The molecule has 36 heavy (non-hydrogen) atoms. The molecular weight excluding hydrogens is 461 g/mol. The van der Waals surface area contributed by atoms with Gasteiger partial charge in [-0.15, -0.1) is 0 Å². The molecule has 7 nitrogen and oxygen atoms in total. The van der Waals surface area contributed by atoms with E-state index in [1.54, 1.807) is 6.07 Å². The first-order valence-electron chi connectivity index (χ1n) is 12.0. The lowest BCUT2D eigenvalue weighted by Gasteiger charge is -2.35. The number of carbonyl (C=O) groups excluding carboxylic acids is 2. The lowest BCUT2D eigenvalue weighted by molar-refractivity contribution is -0.130. The van der Waals surface area contributed by atoms with Gasteiger partial charge in [-0.05, 0) is 41.7 Å². The molecule has 3 aromatic rings. The van der Waals surface area contributed by atoms with Gasteiger partial charge in [0, 0.05) is 6.54 Å². The molecule has 4 N–H and O–H groups in total. The number of rotatable bonds is 8. The van der Waals surface area contributed by atoms with E-state index in [0.29, 0.717) is 19.4 Å². The number of anilines is 1. The first-order valence-corrected chi connectivity index (χ1v) is 12.0. The highest BCUT2D eigenvalue weighted by atomic mass is 19.1. The summed E-state index contributed by atoms with van der Waals surface area (Å²) in [7, 11) is 0. The molecule has 0 bridgehead atoms. The van der Waals surface area contributed by atoms with Crippen molar-refractivity contribution < 1.29 is 23.8 Å². The fourth-order valence-electron chi connectivity index (χ4n) is 4.26. The highest BCUT2D eigenvalue weighted by Crippen LogP contribution is 2.23. The Balaban J connectivity index is 1.22. The third-order valence-electron chi connectivity index (χ3n) is 6.20. The van der Waals surface area contributed by atoms with E-state index < -0.39 is 24.0 Å². The van der Waals surface area contributed by atoms with Crippen molar-refractivity contribution in [3.63, 3.8) is 0 Å². The average molecular weight is 492 g/mol. The topological polar surface area (TPSA) is 99.7 Å². The second kappa shape index (κ2) is 12.3. The van der Waals surface area contributed by atoms with Crippen molar-refractivity contribution in [1.29, 1.82) is 0 Å². The molecule has 1 fully saturated rings. The third kappa shape index (κ3) is 6.90. The van der Waals surface area contributed by atoms with Gasteiger partial charge in [-0.3, -0.25) is 4.79 Å².